The molecular formula is C99H82N4. The van der Waals surface area contributed by atoms with Gasteiger partial charge in [-0.3, -0.25) is 0 Å². The van der Waals surface area contributed by atoms with Crippen molar-refractivity contribution in [1.82, 2.24) is 14.0 Å². The van der Waals surface area contributed by atoms with Crippen molar-refractivity contribution in [2.24, 2.45) is 17.3 Å². The van der Waals surface area contributed by atoms with E-state index in [2.05, 4.69) is 356 Å². The van der Waals surface area contributed by atoms with Crippen molar-refractivity contribution in [2.75, 3.05) is 4.90 Å². The molecule has 0 amide bonds. The molecule has 4 unspecified atom stereocenters. The van der Waals surface area contributed by atoms with E-state index in [1.807, 2.05) is 30.4 Å². The van der Waals surface area contributed by atoms with Gasteiger partial charge < -0.3 is 18.9 Å². The van der Waals surface area contributed by atoms with E-state index in [0.717, 1.165) is 59.6 Å². The molecule has 11 aromatic rings. The molecular weight excluding hydrogens is 1250 g/mol. The Kier molecular flexibility index (Phi) is 16.8. The van der Waals surface area contributed by atoms with Gasteiger partial charge in [0, 0.05) is 78.4 Å². The highest BCUT2D eigenvalue weighted by atomic mass is 15.2. The van der Waals surface area contributed by atoms with Gasteiger partial charge in [0.25, 0.3) is 0 Å². The second kappa shape index (κ2) is 27.0. The minimum atomic E-state index is -0.132. The van der Waals surface area contributed by atoms with Crippen LogP contribution in [0.5, 0.6) is 0 Å². The number of nitrogens with zero attached hydrogens (tertiary/aromatic N) is 4. The first kappa shape index (κ1) is 64.2. The molecule has 1 aliphatic heterocycles. The molecule has 0 fully saturated rings. The quantitative estimate of drug-likeness (QED) is 0.0796. The fourth-order valence-corrected chi connectivity index (χ4v) is 17.2. The zero-order valence-electron chi connectivity index (χ0n) is 58.6. The Labute approximate surface area is 605 Å². The Bertz CT molecular complexity index is 5760. The molecule has 0 saturated heterocycles. The molecule has 103 heavy (non-hydrogen) atoms. The van der Waals surface area contributed by atoms with Crippen LogP contribution in [0.25, 0.3) is 102 Å². The molecule has 5 aliphatic carbocycles. The fraction of sp³-hybridized carbons (Fsp3) is 0.111. The first-order chi connectivity index (χ1) is 50.6. The Morgan fingerprint density at radius 1 is 0.544 bits per heavy atom. The molecule has 498 valence electrons. The van der Waals surface area contributed by atoms with Crippen LogP contribution in [0.2, 0.25) is 0 Å². The van der Waals surface area contributed by atoms with Gasteiger partial charge in [-0.05, 0) is 200 Å². The summed E-state index contributed by atoms with van der Waals surface area (Å²) in [6, 6.07) is 81.1. The summed E-state index contributed by atoms with van der Waals surface area (Å²) in [5, 5.41) is 6.37. The predicted octanol–water partition coefficient (Wildman–Crippen LogP) is 24.0. The van der Waals surface area contributed by atoms with Crippen molar-refractivity contribution in [1.29, 1.82) is 0 Å². The minimum absolute atomic E-state index is 0.132. The average molecular weight is 1330 g/mol. The summed E-state index contributed by atoms with van der Waals surface area (Å²) < 4.78 is 5.01. The molecule has 4 heteroatoms. The summed E-state index contributed by atoms with van der Waals surface area (Å²) in [5.74, 6) is 0.685. The third kappa shape index (κ3) is 11.6. The number of para-hydroxylation sites is 2. The summed E-state index contributed by atoms with van der Waals surface area (Å²) in [6.45, 7) is 21.5. The molecule has 17 rings (SSSR count). The molecule has 0 spiro atoms. The van der Waals surface area contributed by atoms with Crippen molar-refractivity contribution in [2.45, 2.75) is 51.5 Å². The molecule has 0 radical (unpaired) electrons. The van der Waals surface area contributed by atoms with Gasteiger partial charge in [0.1, 0.15) is 0 Å². The van der Waals surface area contributed by atoms with E-state index in [1.165, 1.54) is 122 Å². The Hall–Kier alpha value is -12.2. The maximum absolute atomic E-state index is 4.45. The first-order valence-electron chi connectivity index (χ1n) is 36.3. The molecule has 0 saturated carbocycles. The van der Waals surface area contributed by atoms with Gasteiger partial charge in [0.05, 0.1) is 22.6 Å². The largest absolute Gasteiger partial charge is 0.334 e. The average Bonchev–Trinajstić information content (AvgIpc) is 1.56. The van der Waals surface area contributed by atoms with Crippen LogP contribution in [-0.4, -0.2) is 20.1 Å². The molecule has 0 bridgehead atoms. The summed E-state index contributed by atoms with van der Waals surface area (Å²) >= 11 is 0. The van der Waals surface area contributed by atoms with Crippen LogP contribution in [0.4, 0.5) is 11.4 Å². The van der Waals surface area contributed by atoms with Crippen LogP contribution < -0.4 is 15.5 Å². The van der Waals surface area contributed by atoms with Crippen molar-refractivity contribution < 1.29 is 0 Å². The van der Waals surface area contributed by atoms with Crippen LogP contribution >= 0.6 is 0 Å². The topological polar surface area (TPSA) is 16.3 Å². The number of benzene rings is 9. The van der Waals surface area contributed by atoms with Crippen LogP contribution in [0.1, 0.15) is 62.1 Å². The van der Waals surface area contributed by atoms with Crippen molar-refractivity contribution in [3.8, 4) is 39.1 Å². The summed E-state index contributed by atoms with van der Waals surface area (Å²) in [7, 11) is 0. The Morgan fingerprint density at radius 2 is 1.16 bits per heavy atom. The number of fused-ring (bicyclic) bond motifs is 9. The predicted molar refractivity (Wildman–Crippen MR) is 439 cm³/mol. The molecule has 4 nitrogen and oxygen atoms in total. The second-order valence-corrected chi connectivity index (χ2v) is 28.5. The van der Waals surface area contributed by atoms with Gasteiger partial charge in [0.2, 0.25) is 0 Å². The molecule has 2 aromatic heterocycles. The Balaban J connectivity index is 0.719. The van der Waals surface area contributed by atoms with Gasteiger partial charge in [0.15, 0.2) is 0 Å². The van der Waals surface area contributed by atoms with Crippen molar-refractivity contribution in [3.05, 3.63) is 409 Å². The zero-order chi connectivity index (χ0) is 69.7. The van der Waals surface area contributed by atoms with Gasteiger partial charge in [-0.15, -0.1) is 0 Å². The Morgan fingerprint density at radius 3 is 1.88 bits per heavy atom. The molecule has 6 aliphatic rings. The van der Waals surface area contributed by atoms with Crippen LogP contribution in [0, 0.1) is 17.3 Å². The van der Waals surface area contributed by atoms with E-state index in [0.29, 0.717) is 5.92 Å². The minimum Gasteiger partial charge on any atom is -0.334 e. The SMILES string of the molecule is C=CC=CC=Cc1ccc(N(C2=CC3=C(CC2)C2=CC=C(n4c5c(c6cc(-c7ccc(-c8ccc9c(c8)c8ccccc8n9-c8ccccc8)cc7)ccc64)=CC(c4ccc(C=CC6=C(C=C)N(C(=C)C=CC=C)C7C=CC=CC67)cc4)CC=5)CC2C3(C)C)c2ccc(-c3ccccc3)cc2)cc1. The highest BCUT2D eigenvalue weighted by molar-refractivity contribution is 6.10. The third-order valence-corrected chi connectivity index (χ3v) is 22.3. The van der Waals surface area contributed by atoms with Gasteiger partial charge in [-0.1, -0.05) is 289 Å². The summed E-state index contributed by atoms with van der Waals surface area (Å²) in [4.78, 5) is 4.80. The monoisotopic (exact) mass is 1330 g/mol. The molecule has 4 atom stereocenters. The highest BCUT2D eigenvalue weighted by Crippen LogP contribution is 2.58. The van der Waals surface area contributed by atoms with Crippen LogP contribution in [0.3, 0.4) is 0 Å². The van der Waals surface area contributed by atoms with E-state index < -0.39 is 0 Å². The van der Waals surface area contributed by atoms with Crippen molar-refractivity contribution in [3.63, 3.8) is 0 Å². The van der Waals surface area contributed by atoms with Crippen LogP contribution in [0.15, 0.2) is 381 Å². The molecule has 0 N–H and O–H groups in total. The van der Waals surface area contributed by atoms with E-state index in [9.17, 15) is 0 Å². The number of allylic oxidation sites excluding steroid dienone is 19. The van der Waals surface area contributed by atoms with Crippen LogP contribution in [-0.2, 0) is 0 Å². The third-order valence-electron chi connectivity index (χ3n) is 22.3. The number of hydrogen-bond donors (Lipinski definition) is 0. The summed E-state index contributed by atoms with van der Waals surface area (Å²) in [6.07, 6.45) is 47.5. The van der Waals surface area contributed by atoms with Gasteiger partial charge in [-0.25, -0.2) is 0 Å². The lowest BCUT2D eigenvalue weighted by Gasteiger charge is -2.34. The fourth-order valence-electron chi connectivity index (χ4n) is 17.2. The lowest BCUT2D eigenvalue weighted by Crippen LogP contribution is -2.33. The lowest BCUT2D eigenvalue weighted by atomic mass is 9.72. The van der Waals surface area contributed by atoms with E-state index >= 15 is 0 Å². The van der Waals surface area contributed by atoms with Gasteiger partial charge >= 0.3 is 0 Å². The van der Waals surface area contributed by atoms with E-state index in [4.69, 9.17) is 0 Å². The zero-order valence-corrected chi connectivity index (χ0v) is 58.6. The number of anilines is 2. The van der Waals surface area contributed by atoms with Gasteiger partial charge in [-0.2, -0.15) is 0 Å². The molecule has 9 aromatic carbocycles. The standard InChI is InChI=1S/C99H82N4/c1-7-10-12-15-25-68-36-50-79(51-37-68)101(80-52-45-71(46-53-80)70-26-16-13-17-27-70)81-54-57-83-84-58-55-82(66-92(84)99(5,6)91(83)65-81)103-97-60-48-76(72-39-34-69(35-40-72)38-56-87-85-30-20-22-32-94(85)100(93(87)9-3)67(4)24-11-8-2)63-89(97)90-64-77(49-61-98(90)103)74-43-41-73(42-44-74)75-47-59-96-88(62-75)86-31-21-23-33-95(86)102(96)78-28-18-14-19-29-78/h7-47,49-53,55-56,58-65,76,85,92,94H,1-4,48,54,57,66H2,5-6H3. The maximum atomic E-state index is 4.45. The number of aromatic nitrogens is 2. The maximum Gasteiger partial charge on any atom is 0.0629 e. The van der Waals surface area contributed by atoms with E-state index in [-0.39, 0.29) is 23.3 Å². The lowest BCUT2D eigenvalue weighted by molar-refractivity contribution is 0.337. The molecule has 3 heterocycles. The number of hydrogen-bond acceptors (Lipinski definition) is 2. The van der Waals surface area contributed by atoms with Crippen molar-refractivity contribution >= 4 is 74.1 Å². The summed E-state index contributed by atoms with van der Waals surface area (Å²) in [5.41, 5.74) is 28.2. The number of rotatable bonds is 18. The smallest absolute Gasteiger partial charge is 0.0629 e. The first-order valence-corrected chi connectivity index (χ1v) is 36.3. The highest BCUT2D eigenvalue weighted by Gasteiger charge is 2.47. The normalized spacial score (nSPS) is 18.9. The second-order valence-electron chi connectivity index (χ2n) is 28.5. The van der Waals surface area contributed by atoms with E-state index in [1.54, 1.807) is 12.2 Å².